The smallest absolute Gasteiger partial charge is 0.194 e. The predicted molar refractivity (Wildman–Crippen MR) is 92.7 cm³/mol. The summed E-state index contributed by atoms with van der Waals surface area (Å²) < 4.78 is 0.951. The number of halogens is 1. The van der Waals surface area contributed by atoms with E-state index in [2.05, 4.69) is 51.0 Å². The highest BCUT2D eigenvalue weighted by Crippen LogP contribution is 2.39. The van der Waals surface area contributed by atoms with Crippen molar-refractivity contribution in [1.29, 1.82) is 0 Å². The first-order chi connectivity index (χ1) is 10.6. The number of nitrogens with zero attached hydrogens (tertiary/aromatic N) is 2. The van der Waals surface area contributed by atoms with Gasteiger partial charge in [-0.2, -0.15) is 0 Å². The molecule has 0 saturated carbocycles. The third-order valence-corrected chi connectivity index (χ3v) is 5.13. The molecule has 0 aromatic heterocycles. The summed E-state index contributed by atoms with van der Waals surface area (Å²) in [6.07, 6.45) is 0. The van der Waals surface area contributed by atoms with Crippen molar-refractivity contribution < 1.29 is 4.79 Å². The van der Waals surface area contributed by atoms with E-state index in [1.165, 1.54) is 0 Å². The molecule has 4 heteroatoms. The highest BCUT2D eigenvalue weighted by atomic mass is 79.9. The number of rotatable bonds is 1. The zero-order valence-electron chi connectivity index (χ0n) is 12.5. The van der Waals surface area contributed by atoms with Crippen LogP contribution in [0.5, 0.6) is 0 Å². The molecule has 1 heterocycles. The monoisotopic (exact) mass is 356 g/mol. The zero-order chi connectivity index (χ0) is 15.3. The van der Waals surface area contributed by atoms with Crippen LogP contribution in [0.1, 0.15) is 15.9 Å². The molecule has 0 spiro atoms. The first-order valence-corrected chi connectivity index (χ1v) is 8.35. The molecule has 22 heavy (non-hydrogen) atoms. The molecule has 3 nitrogen and oxygen atoms in total. The van der Waals surface area contributed by atoms with Crippen molar-refractivity contribution in [2.75, 3.05) is 38.1 Å². The van der Waals surface area contributed by atoms with Crippen LogP contribution in [0.2, 0.25) is 0 Å². The summed E-state index contributed by atoms with van der Waals surface area (Å²) in [6, 6.07) is 12.3. The standard InChI is InChI=1S/C18H17BrN2O/c1-20-6-8-21(9-7-20)13-3-5-15-14-4-2-12(19)10-16(14)18(22)17(15)11-13/h2-5,10-11H,6-9H2,1H3. The van der Waals surface area contributed by atoms with Crippen molar-refractivity contribution in [3.05, 3.63) is 52.0 Å². The SMILES string of the molecule is CN1CCN(c2ccc3c(c2)C(=O)c2cc(Br)ccc2-3)CC1. The average molecular weight is 357 g/mol. The summed E-state index contributed by atoms with van der Waals surface area (Å²) in [6.45, 7) is 4.17. The van der Waals surface area contributed by atoms with E-state index in [0.29, 0.717) is 0 Å². The van der Waals surface area contributed by atoms with Crippen molar-refractivity contribution in [2.24, 2.45) is 0 Å². The molecule has 1 aliphatic heterocycles. The summed E-state index contributed by atoms with van der Waals surface area (Å²) in [5.74, 6) is 0.141. The Labute approximate surface area is 138 Å². The molecule has 0 N–H and O–H groups in total. The first kappa shape index (κ1) is 14.0. The number of hydrogen-bond donors (Lipinski definition) is 0. The van der Waals surface area contributed by atoms with Gasteiger partial charge in [0, 0.05) is 47.5 Å². The lowest BCUT2D eigenvalue weighted by molar-refractivity contribution is 0.104. The minimum atomic E-state index is 0.141. The van der Waals surface area contributed by atoms with Crippen molar-refractivity contribution >= 4 is 27.4 Å². The lowest BCUT2D eigenvalue weighted by Gasteiger charge is -2.34. The van der Waals surface area contributed by atoms with Crippen molar-refractivity contribution in [3.63, 3.8) is 0 Å². The second kappa shape index (κ2) is 5.21. The van der Waals surface area contributed by atoms with Crippen molar-refractivity contribution in [2.45, 2.75) is 0 Å². The maximum absolute atomic E-state index is 12.7. The van der Waals surface area contributed by atoms with E-state index >= 15 is 0 Å². The number of piperazine rings is 1. The molecular weight excluding hydrogens is 340 g/mol. The normalized spacial score (nSPS) is 17.5. The molecule has 1 saturated heterocycles. The second-order valence-corrected chi connectivity index (χ2v) is 6.95. The predicted octanol–water partition coefficient (Wildman–Crippen LogP) is 3.41. The fraction of sp³-hybridized carbons (Fsp3) is 0.278. The van der Waals surface area contributed by atoms with Crippen LogP contribution >= 0.6 is 15.9 Å². The summed E-state index contributed by atoms with van der Waals surface area (Å²) >= 11 is 3.45. The van der Waals surface area contributed by atoms with Crippen LogP contribution in [-0.2, 0) is 0 Å². The van der Waals surface area contributed by atoms with Crippen molar-refractivity contribution in [3.8, 4) is 11.1 Å². The maximum atomic E-state index is 12.7. The third kappa shape index (κ3) is 2.18. The van der Waals surface area contributed by atoms with Crippen LogP contribution < -0.4 is 4.90 Å². The molecule has 1 fully saturated rings. The molecule has 0 unspecified atom stereocenters. The number of fused-ring (bicyclic) bond motifs is 3. The molecule has 4 rings (SSSR count). The topological polar surface area (TPSA) is 23.6 Å². The Bertz CT molecular complexity index is 764. The van der Waals surface area contributed by atoms with Crippen LogP contribution in [0.4, 0.5) is 5.69 Å². The second-order valence-electron chi connectivity index (χ2n) is 6.04. The summed E-state index contributed by atoms with van der Waals surface area (Å²) in [5, 5.41) is 0. The highest BCUT2D eigenvalue weighted by Gasteiger charge is 2.27. The van der Waals surface area contributed by atoms with Gasteiger partial charge in [-0.1, -0.05) is 28.1 Å². The largest absolute Gasteiger partial charge is 0.369 e. The van der Waals surface area contributed by atoms with E-state index in [4.69, 9.17) is 0 Å². The molecule has 2 aromatic carbocycles. The quantitative estimate of drug-likeness (QED) is 0.667. The van der Waals surface area contributed by atoms with E-state index in [-0.39, 0.29) is 5.78 Å². The molecule has 0 bridgehead atoms. The van der Waals surface area contributed by atoms with Gasteiger partial charge >= 0.3 is 0 Å². The molecule has 0 atom stereocenters. The van der Waals surface area contributed by atoms with Gasteiger partial charge in [-0.05, 0) is 42.4 Å². The Morgan fingerprint density at radius 3 is 2.23 bits per heavy atom. The number of likely N-dealkylation sites (N-methyl/N-ethyl adjacent to an activating group) is 1. The molecule has 2 aliphatic rings. The molecule has 0 amide bonds. The Hall–Kier alpha value is -1.65. The van der Waals surface area contributed by atoms with Gasteiger partial charge in [0.05, 0.1) is 0 Å². The van der Waals surface area contributed by atoms with E-state index < -0.39 is 0 Å². The Kier molecular flexibility index (Phi) is 3.31. The first-order valence-electron chi connectivity index (χ1n) is 7.55. The van der Waals surface area contributed by atoms with Crippen molar-refractivity contribution in [1.82, 2.24) is 4.90 Å². The number of benzene rings is 2. The molecule has 1 aliphatic carbocycles. The Morgan fingerprint density at radius 1 is 0.864 bits per heavy atom. The van der Waals surface area contributed by atoms with Crippen LogP contribution in [0, 0.1) is 0 Å². The fourth-order valence-electron chi connectivity index (χ4n) is 3.30. The number of carbonyl (C=O) groups excluding carboxylic acids is 1. The lowest BCUT2D eigenvalue weighted by atomic mass is 10.0. The number of hydrogen-bond acceptors (Lipinski definition) is 3. The van der Waals surface area contributed by atoms with Crippen LogP contribution in [-0.4, -0.2) is 43.9 Å². The van der Waals surface area contributed by atoms with E-state index in [1.807, 2.05) is 18.2 Å². The fourth-order valence-corrected chi connectivity index (χ4v) is 3.66. The maximum Gasteiger partial charge on any atom is 0.194 e. The molecule has 0 radical (unpaired) electrons. The van der Waals surface area contributed by atoms with Crippen LogP contribution in [0.15, 0.2) is 40.9 Å². The average Bonchev–Trinajstić information content (AvgIpc) is 2.80. The number of ketones is 1. The minimum Gasteiger partial charge on any atom is -0.369 e. The zero-order valence-corrected chi connectivity index (χ0v) is 14.1. The van der Waals surface area contributed by atoms with E-state index in [9.17, 15) is 4.79 Å². The van der Waals surface area contributed by atoms with Gasteiger partial charge < -0.3 is 9.80 Å². The summed E-state index contributed by atoms with van der Waals surface area (Å²) in [7, 11) is 2.15. The van der Waals surface area contributed by atoms with Gasteiger partial charge in [-0.25, -0.2) is 0 Å². The highest BCUT2D eigenvalue weighted by molar-refractivity contribution is 9.10. The van der Waals surface area contributed by atoms with E-state index in [0.717, 1.165) is 58.6 Å². The number of carbonyl (C=O) groups is 1. The summed E-state index contributed by atoms with van der Waals surface area (Å²) in [5.41, 5.74) is 4.91. The Balaban J connectivity index is 1.72. The molecular formula is C18H17BrN2O. The van der Waals surface area contributed by atoms with Gasteiger partial charge in [0.1, 0.15) is 0 Å². The van der Waals surface area contributed by atoms with Gasteiger partial charge in [-0.3, -0.25) is 4.79 Å². The van der Waals surface area contributed by atoms with Gasteiger partial charge in [-0.15, -0.1) is 0 Å². The van der Waals surface area contributed by atoms with Gasteiger partial charge in [0.2, 0.25) is 0 Å². The van der Waals surface area contributed by atoms with Gasteiger partial charge in [0.25, 0.3) is 0 Å². The van der Waals surface area contributed by atoms with E-state index in [1.54, 1.807) is 0 Å². The van der Waals surface area contributed by atoms with Crippen LogP contribution in [0.25, 0.3) is 11.1 Å². The van der Waals surface area contributed by atoms with Gasteiger partial charge in [0.15, 0.2) is 5.78 Å². The lowest BCUT2D eigenvalue weighted by Crippen LogP contribution is -2.44. The third-order valence-electron chi connectivity index (χ3n) is 4.63. The van der Waals surface area contributed by atoms with Crippen LogP contribution in [0.3, 0.4) is 0 Å². The number of anilines is 1. The molecule has 2 aromatic rings. The summed E-state index contributed by atoms with van der Waals surface area (Å²) in [4.78, 5) is 17.4. The minimum absolute atomic E-state index is 0.141. The molecule has 112 valence electrons. The Morgan fingerprint density at radius 2 is 1.50 bits per heavy atom.